The molecule has 0 saturated heterocycles. The summed E-state index contributed by atoms with van der Waals surface area (Å²) in [5.41, 5.74) is 3.63. The molecule has 3 heteroatoms. The van der Waals surface area contributed by atoms with E-state index >= 15 is 0 Å². The lowest BCUT2D eigenvalue weighted by Gasteiger charge is -1.95. The van der Waals surface area contributed by atoms with Gasteiger partial charge in [0.25, 0.3) is 0 Å². The summed E-state index contributed by atoms with van der Waals surface area (Å²) in [6, 6.07) is 0. The van der Waals surface area contributed by atoms with Gasteiger partial charge in [0.1, 0.15) is 5.60 Å². The molecule has 3 nitrogen and oxygen atoms in total. The van der Waals surface area contributed by atoms with Crippen LogP contribution in [0, 0.1) is 0 Å². The lowest BCUT2D eigenvalue weighted by Crippen LogP contribution is -2.29. The van der Waals surface area contributed by atoms with E-state index in [1.807, 2.05) is 0 Å². The third-order valence-corrected chi connectivity index (χ3v) is 1.18. The van der Waals surface area contributed by atoms with Crippen LogP contribution >= 0.6 is 0 Å². The number of hydrogen-bond donors (Lipinski definition) is 2. The van der Waals surface area contributed by atoms with Crippen LogP contribution in [0.2, 0.25) is 0 Å². The minimum Gasteiger partial charge on any atom is -0.380 e. The number of amides is 1. The molecule has 0 radical (unpaired) electrons. The number of aliphatic hydroxyl groups is 1. The highest BCUT2D eigenvalue weighted by atomic mass is 16.3. The fourth-order valence-electron chi connectivity index (χ4n) is 0.365. The van der Waals surface area contributed by atoms with E-state index in [4.69, 9.17) is 10.8 Å². The smallest absolute Gasteiger partial charge is 0.249 e. The molecular weight excluding hydrogens is 94.0 g/mol. The molecule has 1 amide bonds. The van der Waals surface area contributed by atoms with Crippen molar-refractivity contribution in [3.8, 4) is 0 Å². The van der Waals surface area contributed by atoms with E-state index in [1.54, 1.807) is 0 Å². The van der Waals surface area contributed by atoms with Gasteiger partial charge in [-0.1, -0.05) is 0 Å². The minimum absolute atomic E-state index is 0.544. The van der Waals surface area contributed by atoms with Gasteiger partial charge in [-0.2, -0.15) is 0 Å². The Morgan fingerprint density at radius 3 is 2.14 bits per heavy atom. The standard InChI is InChI=1S/C4H7NO2/c5-3(6)4(7)1-2-4/h7H,1-2H2,(H2,5,6). The molecule has 1 saturated carbocycles. The second-order valence-electron chi connectivity index (χ2n) is 1.90. The van der Waals surface area contributed by atoms with Gasteiger partial charge >= 0.3 is 0 Å². The van der Waals surface area contributed by atoms with Gasteiger partial charge < -0.3 is 10.8 Å². The van der Waals surface area contributed by atoms with Crippen LogP contribution in [-0.4, -0.2) is 16.6 Å². The summed E-state index contributed by atoms with van der Waals surface area (Å²) >= 11 is 0. The molecule has 0 aromatic carbocycles. The van der Waals surface area contributed by atoms with E-state index in [2.05, 4.69) is 0 Å². The van der Waals surface area contributed by atoms with Crippen LogP contribution in [0.5, 0.6) is 0 Å². The van der Waals surface area contributed by atoms with Gasteiger partial charge in [0, 0.05) is 0 Å². The van der Waals surface area contributed by atoms with Crippen LogP contribution in [0.4, 0.5) is 0 Å². The fourth-order valence-corrected chi connectivity index (χ4v) is 0.365. The number of carbonyl (C=O) groups is 1. The van der Waals surface area contributed by atoms with Crippen molar-refractivity contribution in [3.63, 3.8) is 0 Å². The zero-order valence-corrected chi connectivity index (χ0v) is 3.85. The first-order valence-corrected chi connectivity index (χ1v) is 2.17. The van der Waals surface area contributed by atoms with Crippen LogP contribution < -0.4 is 5.73 Å². The summed E-state index contributed by atoms with van der Waals surface area (Å²) in [7, 11) is 0. The molecule has 1 aliphatic rings. The molecule has 1 fully saturated rings. The Morgan fingerprint density at radius 1 is 1.71 bits per heavy atom. The van der Waals surface area contributed by atoms with Gasteiger partial charge in [-0.05, 0) is 12.8 Å². The van der Waals surface area contributed by atoms with Crippen molar-refractivity contribution in [2.45, 2.75) is 18.4 Å². The van der Waals surface area contributed by atoms with Crippen LogP contribution in [-0.2, 0) is 4.79 Å². The third kappa shape index (κ3) is 0.587. The van der Waals surface area contributed by atoms with Crippen LogP contribution in [0.25, 0.3) is 0 Å². The zero-order chi connectivity index (χ0) is 5.49. The second kappa shape index (κ2) is 0.980. The molecule has 0 aromatic heterocycles. The Hall–Kier alpha value is -0.570. The van der Waals surface area contributed by atoms with Crippen LogP contribution in [0.3, 0.4) is 0 Å². The predicted molar refractivity (Wildman–Crippen MR) is 23.4 cm³/mol. The van der Waals surface area contributed by atoms with E-state index in [1.165, 1.54) is 0 Å². The summed E-state index contributed by atoms with van der Waals surface area (Å²) < 4.78 is 0. The summed E-state index contributed by atoms with van der Waals surface area (Å²) in [4.78, 5) is 10.1. The SMILES string of the molecule is NC(=O)C1(O)CC1. The van der Waals surface area contributed by atoms with Crippen molar-refractivity contribution in [2.75, 3.05) is 0 Å². The molecule has 0 heterocycles. The first-order valence-electron chi connectivity index (χ1n) is 2.17. The highest BCUT2D eigenvalue weighted by Gasteiger charge is 2.46. The Labute approximate surface area is 41.1 Å². The minimum atomic E-state index is -1.11. The maximum atomic E-state index is 10.1. The van der Waals surface area contributed by atoms with E-state index < -0.39 is 11.5 Å². The summed E-state index contributed by atoms with van der Waals surface area (Å²) in [6.45, 7) is 0. The quantitative estimate of drug-likeness (QED) is 0.445. The molecule has 0 unspecified atom stereocenters. The number of nitrogens with two attached hydrogens (primary N) is 1. The molecular formula is C4H7NO2. The van der Waals surface area contributed by atoms with Gasteiger partial charge in [0.05, 0.1) is 0 Å². The maximum Gasteiger partial charge on any atom is 0.249 e. The molecule has 0 spiro atoms. The lowest BCUT2D eigenvalue weighted by molar-refractivity contribution is -0.127. The van der Waals surface area contributed by atoms with Crippen molar-refractivity contribution in [1.82, 2.24) is 0 Å². The van der Waals surface area contributed by atoms with Gasteiger partial charge in [0.2, 0.25) is 5.91 Å². The molecule has 1 rings (SSSR count). The van der Waals surface area contributed by atoms with Crippen LogP contribution in [0.15, 0.2) is 0 Å². The molecule has 40 valence electrons. The monoisotopic (exact) mass is 101 g/mol. The fraction of sp³-hybridized carbons (Fsp3) is 0.750. The van der Waals surface area contributed by atoms with Gasteiger partial charge in [0.15, 0.2) is 0 Å². The van der Waals surface area contributed by atoms with E-state index in [0.717, 1.165) is 0 Å². The summed E-state index contributed by atoms with van der Waals surface area (Å²) in [5, 5.41) is 8.73. The van der Waals surface area contributed by atoms with Crippen LogP contribution in [0.1, 0.15) is 12.8 Å². The summed E-state index contributed by atoms with van der Waals surface area (Å²) in [5.74, 6) is -0.590. The number of carbonyl (C=O) groups excluding carboxylic acids is 1. The van der Waals surface area contributed by atoms with E-state index in [0.29, 0.717) is 12.8 Å². The van der Waals surface area contributed by atoms with Crippen molar-refractivity contribution in [1.29, 1.82) is 0 Å². The molecule has 0 bridgehead atoms. The molecule has 0 aliphatic heterocycles. The van der Waals surface area contributed by atoms with Gasteiger partial charge in [-0.25, -0.2) is 0 Å². The first kappa shape index (κ1) is 4.59. The predicted octanol–water partition coefficient (Wildman–Crippen LogP) is -1.00. The Morgan fingerprint density at radius 2 is 2.14 bits per heavy atom. The largest absolute Gasteiger partial charge is 0.380 e. The Balaban J connectivity index is 2.55. The maximum absolute atomic E-state index is 10.1. The molecule has 0 atom stereocenters. The highest BCUT2D eigenvalue weighted by molar-refractivity contribution is 5.85. The second-order valence-corrected chi connectivity index (χ2v) is 1.90. The number of primary amides is 1. The normalized spacial score (nSPS) is 24.1. The molecule has 7 heavy (non-hydrogen) atoms. The van der Waals surface area contributed by atoms with E-state index in [-0.39, 0.29) is 0 Å². The van der Waals surface area contributed by atoms with Gasteiger partial charge in [-0.15, -0.1) is 0 Å². The van der Waals surface area contributed by atoms with Crippen molar-refractivity contribution in [3.05, 3.63) is 0 Å². The number of hydrogen-bond acceptors (Lipinski definition) is 2. The van der Waals surface area contributed by atoms with E-state index in [9.17, 15) is 4.79 Å². The molecule has 0 aromatic rings. The lowest BCUT2D eigenvalue weighted by atomic mass is 10.3. The highest BCUT2D eigenvalue weighted by Crippen LogP contribution is 2.33. The van der Waals surface area contributed by atoms with Gasteiger partial charge in [-0.3, -0.25) is 4.79 Å². The average molecular weight is 101 g/mol. The molecule has 3 N–H and O–H groups in total. The third-order valence-electron chi connectivity index (χ3n) is 1.18. The molecule has 1 aliphatic carbocycles. The Bertz CT molecular complexity index is 106. The topological polar surface area (TPSA) is 63.3 Å². The van der Waals surface area contributed by atoms with Crippen molar-refractivity contribution >= 4 is 5.91 Å². The first-order chi connectivity index (χ1) is 3.15. The average Bonchev–Trinajstić information content (AvgIpc) is 2.21. The zero-order valence-electron chi connectivity index (χ0n) is 3.85. The Kier molecular flexibility index (Phi) is 0.642. The summed E-state index contributed by atoms with van der Waals surface area (Å²) in [6.07, 6.45) is 1.09. The van der Waals surface area contributed by atoms with Crippen molar-refractivity contribution < 1.29 is 9.90 Å². The van der Waals surface area contributed by atoms with Crippen molar-refractivity contribution in [2.24, 2.45) is 5.73 Å². The number of rotatable bonds is 1.